The largest absolute Gasteiger partial charge is 0.326 e. The zero-order chi connectivity index (χ0) is 6.78. The Labute approximate surface area is 42.1 Å². The van der Waals surface area contributed by atoms with Gasteiger partial charge >= 0.3 is 16.5 Å². The average molecular weight is 147 g/mol. The maximum atomic E-state index is 9.69. The van der Waals surface area contributed by atoms with Crippen molar-refractivity contribution in [2.24, 2.45) is 0 Å². The Morgan fingerprint density at radius 1 is 1.57 bits per heavy atom. The van der Waals surface area contributed by atoms with Gasteiger partial charge in [-0.25, -0.2) is 4.31 Å². The molecular formula is H4O5P2. The summed E-state index contributed by atoms with van der Waals surface area (Å²) >= 11 is 0. The van der Waals surface area contributed by atoms with Crippen molar-refractivity contribution in [3.8, 4) is 0 Å². The van der Waals surface area contributed by atoms with Gasteiger partial charge in [-0.3, -0.25) is 9.13 Å². The van der Waals surface area contributed by atoms with Crippen LogP contribution in [-0.4, -0.2) is 11.1 Å². The molecule has 0 spiro atoms. The first-order valence-electron chi connectivity index (χ1n) is 1.64. The van der Waals surface area contributed by atoms with Gasteiger partial charge in [0.2, 0.25) is 0 Å². The fourth-order valence-electron chi connectivity index (χ4n) is 0.0668. The Kier molecular flexibility index (Phi) is 2.63. The van der Waals surface area contributed by atoms with Crippen LogP contribution in [0.2, 0.25) is 0 Å². The summed E-state index contributed by atoms with van der Waals surface area (Å²) in [5.41, 5.74) is 0. The zero-order valence-corrected chi connectivity index (χ0v) is 4.96. The van der Waals surface area contributed by atoms with E-state index in [0.717, 1.165) is 0 Å². The molecule has 0 saturated carbocycles. The van der Waals surface area contributed by atoms with Crippen molar-refractivity contribution in [2.45, 2.75) is 0 Å². The van der Waals surface area contributed by atoms with Crippen molar-refractivity contribution >= 4 is 16.5 Å². The van der Waals surface area contributed by atoms with Gasteiger partial charge in [-0.2, -0.15) is 0 Å². The van der Waals surface area contributed by atoms with Gasteiger partial charge in [-0.1, -0.05) is 0 Å². The van der Waals surface area contributed by atoms with E-state index in [0.29, 0.717) is 0 Å². The maximum Gasteiger partial charge on any atom is 0.323 e. The molecule has 0 aromatic rings. The molecule has 0 heterocycles. The summed E-state index contributed by atoms with van der Waals surface area (Å²) in [5, 5.41) is 0. The molecule has 0 saturated heterocycles. The molecule has 2 atom stereocenters. The Morgan fingerprint density at radius 2 is 2.00 bits per heavy atom. The molecule has 44 valence electrons. The van der Waals surface area contributed by atoms with E-state index < -0.39 is 16.5 Å². The second-order valence-electron chi connectivity index (χ2n) is 0.595. The molecule has 0 bridgehead atoms. The number of rotatable bonds is 2. The summed E-state index contributed by atoms with van der Waals surface area (Å²) in [6.45, 7) is 0. The van der Waals surface area contributed by atoms with Crippen LogP contribution in [0.4, 0.5) is 0 Å². The van der Waals surface area contributed by atoms with Gasteiger partial charge < -0.3 is 9.79 Å². The molecule has 5 nitrogen and oxygen atoms in total. The topological polar surface area (TPSA) is 83.8 Å². The molecule has 2 unspecified atom stereocenters. The second kappa shape index (κ2) is 3.36. The average Bonchev–Trinajstić information content (AvgIpc) is 1.21. The van der Waals surface area contributed by atoms with Crippen LogP contribution in [0.25, 0.3) is 0 Å². The van der Waals surface area contributed by atoms with E-state index in [4.69, 9.17) is 11.1 Å². The van der Waals surface area contributed by atoms with E-state index in [9.17, 15) is 9.13 Å². The standard InChI is InChI=1S/H4O5P2/c1-6(2)5-7(3)4/h6-7H,(H,1,2)(H,3,4)/i6D. The highest BCUT2D eigenvalue weighted by Crippen LogP contribution is 2.30. The lowest BCUT2D eigenvalue weighted by atomic mass is 15.8. The van der Waals surface area contributed by atoms with Crippen LogP contribution in [-0.2, 0) is 13.4 Å². The smallest absolute Gasteiger partial charge is 0.323 e. The minimum Gasteiger partial charge on any atom is -0.326 e. The first-order valence-corrected chi connectivity index (χ1v) is 3.59. The zero-order valence-electron chi connectivity index (χ0n) is 4.07. The molecule has 0 rings (SSSR count). The molecule has 0 radical (unpaired) electrons. The monoisotopic (exact) mass is 147 g/mol. The quantitative estimate of drug-likeness (QED) is 0.527. The van der Waals surface area contributed by atoms with Gasteiger partial charge in [-0.15, -0.1) is 0 Å². The van der Waals surface area contributed by atoms with Crippen molar-refractivity contribution < 1.29 is 23.2 Å². The van der Waals surface area contributed by atoms with Crippen LogP contribution in [0.5, 0.6) is 0 Å². The van der Waals surface area contributed by atoms with Gasteiger partial charge in [0.15, 0.2) is 1.28 Å². The van der Waals surface area contributed by atoms with Crippen LogP contribution in [0.15, 0.2) is 0 Å². The van der Waals surface area contributed by atoms with Crippen molar-refractivity contribution in [2.75, 3.05) is 0 Å². The summed E-state index contributed by atoms with van der Waals surface area (Å²) in [4.78, 5) is 15.6. The first kappa shape index (κ1) is 5.48. The summed E-state index contributed by atoms with van der Waals surface area (Å²) in [7, 11) is -7.93. The highest BCUT2D eigenvalue weighted by molar-refractivity contribution is 7.46. The Hall–Kier alpha value is 0.340. The predicted octanol–water partition coefficient (Wildman–Crippen LogP) is -0.233. The molecular weight excluding hydrogens is 142 g/mol. The molecule has 0 fully saturated rings. The van der Waals surface area contributed by atoms with E-state index in [2.05, 4.69) is 4.31 Å². The van der Waals surface area contributed by atoms with Gasteiger partial charge in [0.25, 0.3) is 0 Å². The molecule has 0 aliphatic rings. The molecule has 2 N–H and O–H groups in total. The summed E-state index contributed by atoms with van der Waals surface area (Å²) in [6, 6.07) is 0. The highest BCUT2D eigenvalue weighted by Gasteiger charge is 1.93. The molecule has 0 aliphatic carbocycles. The first-order chi connectivity index (χ1) is 3.42. The Balaban J connectivity index is 3.74. The second-order valence-corrected chi connectivity index (χ2v) is 2.33. The summed E-state index contributed by atoms with van der Waals surface area (Å²) < 4.78 is 28.5. The van der Waals surface area contributed by atoms with Crippen LogP contribution in [0.3, 0.4) is 0 Å². The summed E-state index contributed by atoms with van der Waals surface area (Å²) in [5.74, 6) is 0. The van der Waals surface area contributed by atoms with E-state index >= 15 is 0 Å². The Bertz CT molecular complexity index is 133. The van der Waals surface area contributed by atoms with Gasteiger partial charge in [0.05, 0.1) is 0 Å². The van der Waals surface area contributed by atoms with Crippen molar-refractivity contribution in [3.63, 3.8) is 0 Å². The fraction of sp³-hybridized carbons (Fsp3) is 0. The molecule has 0 aliphatic heterocycles. The van der Waals surface area contributed by atoms with Crippen LogP contribution < -0.4 is 0 Å². The van der Waals surface area contributed by atoms with E-state index in [-0.39, 0.29) is 0 Å². The third-order valence-electron chi connectivity index (χ3n) is 0.156. The highest BCUT2D eigenvalue weighted by atomic mass is 31.2. The minimum atomic E-state index is -4.49. The number of hydrogen-bond acceptors (Lipinski definition) is 3. The predicted molar refractivity (Wildman–Crippen MR) is 23.5 cm³/mol. The van der Waals surface area contributed by atoms with Crippen molar-refractivity contribution in [1.82, 2.24) is 0 Å². The molecule has 0 aromatic carbocycles. The molecule has 7 heteroatoms. The SMILES string of the molecule is [2H]P(=O)(O)O[PH](=O)O. The minimum absolute atomic E-state index is 3.32. The lowest BCUT2D eigenvalue weighted by Gasteiger charge is -1.86. The van der Waals surface area contributed by atoms with Crippen molar-refractivity contribution in [3.05, 3.63) is 0 Å². The third kappa shape index (κ3) is 6.34. The molecule has 7 heavy (non-hydrogen) atoms. The van der Waals surface area contributed by atoms with Crippen molar-refractivity contribution in [1.29, 1.82) is 1.28 Å². The lowest BCUT2D eigenvalue weighted by molar-refractivity contribution is 0.371. The van der Waals surface area contributed by atoms with Crippen LogP contribution >= 0.6 is 16.5 Å². The van der Waals surface area contributed by atoms with Gasteiger partial charge in [0, 0.05) is 0 Å². The third-order valence-corrected chi connectivity index (χ3v) is 1.41. The molecule has 0 amide bonds. The summed E-state index contributed by atoms with van der Waals surface area (Å²) in [6.07, 6.45) is 0. The lowest BCUT2D eigenvalue weighted by Crippen LogP contribution is -1.58. The van der Waals surface area contributed by atoms with Crippen LogP contribution in [0.1, 0.15) is 0 Å². The van der Waals surface area contributed by atoms with Gasteiger partial charge in [0.1, 0.15) is 0 Å². The van der Waals surface area contributed by atoms with E-state index in [1.165, 1.54) is 0 Å². The normalized spacial score (nSPS) is 25.1. The van der Waals surface area contributed by atoms with E-state index in [1.807, 2.05) is 0 Å². The molecule has 0 aromatic heterocycles. The fourth-order valence-corrected chi connectivity index (χ4v) is 0.601. The Morgan fingerprint density at radius 3 is 2.00 bits per heavy atom. The maximum absolute atomic E-state index is 9.69. The van der Waals surface area contributed by atoms with Gasteiger partial charge in [-0.05, 0) is 0 Å². The van der Waals surface area contributed by atoms with E-state index in [1.54, 1.807) is 0 Å². The number of hydrogen-bond donors (Lipinski definition) is 2. The van der Waals surface area contributed by atoms with Crippen LogP contribution in [0, 0.1) is 0 Å².